The molecule has 0 unspecified atom stereocenters. The molecule has 0 amide bonds. The summed E-state index contributed by atoms with van der Waals surface area (Å²) in [5, 5.41) is 11.8. The maximum Gasteiger partial charge on any atom is 0.345 e. The van der Waals surface area contributed by atoms with Crippen molar-refractivity contribution < 1.29 is 19.2 Å². The van der Waals surface area contributed by atoms with Crippen molar-refractivity contribution in [2.45, 2.75) is 13.5 Å². The van der Waals surface area contributed by atoms with Crippen LogP contribution in [-0.2, 0) is 11.3 Å². The van der Waals surface area contributed by atoms with E-state index in [2.05, 4.69) is 4.98 Å². The molecule has 21 heavy (non-hydrogen) atoms. The Morgan fingerprint density at radius 2 is 2.24 bits per heavy atom. The first-order valence-electron chi connectivity index (χ1n) is 5.92. The molecule has 110 valence electrons. The fourth-order valence-corrected chi connectivity index (χ4v) is 2.36. The Hall–Kier alpha value is -2.48. The lowest BCUT2D eigenvalue weighted by Gasteiger charge is -2.06. The summed E-state index contributed by atoms with van der Waals surface area (Å²) in [7, 11) is 1.41. The van der Waals surface area contributed by atoms with Gasteiger partial charge in [-0.15, -0.1) is 11.3 Å². The van der Waals surface area contributed by atoms with E-state index in [9.17, 15) is 14.9 Å². The smallest absolute Gasteiger partial charge is 0.345 e. The Morgan fingerprint density at radius 3 is 2.81 bits per heavy atom. The minimum Gasteiger partial charge on any atom is -0.497 e. The van der Waals surface area contributed by atoms with Gasteiger partial charge in [-0.3, -0.25) is 10.1 Å². The number of ether oxygens (including phenoxy) is 2. The summed E-state index contributed by atoms with van der Waals surface area (Å²) in [5.41, 5.74) is -0.457. The second kappa shape index (κ2) is 6.31. The third kappa shape index (κ3) is 3.54. The Morgan fingerprint density at radius 1 is 1.48 bits per heavy atom. The molecule has 8 heteroatoms. The zero-order chi connectivity index (χ0) is 15.4. The van der Waals surface area contributed by atoms with Gasteiger partial charge in [0, 0.05) is 18.3 Å². The van der Waals surface area contributed by atoms with E-state index in [0.717, 1.165) is 9.88 Å². The first-order valence-corrected chi connectivity index (χ1v) is 6.73. The topological polar surface area (TPSA) is 91.6 Å². The Balaban J connectivity index is 2.19. The largest absolute Gasteiger partial charge is 0.497 e. The highest BCUT2D eigenvalue weighted by molar-refractivity contribution is 7.11. The van der Waals surface area contributed by atoms with Gasteiger partial charge in [-0.1, -0.05) is 0 Å². The number of aromatic nitrogens is 1. The third-order valence-corrected chi connectivity index (χ3v) is 3.52. The Bertz CT molecular complexity index is 683. The highest BCUT2D eigenvalue weighted by Gasteiger charge is 2.22. The van der Waals surface area contributed by atoms with Gasteiger partial charge in [0.15, 0.2) is 0 Å². The molecule has 0 saturated carbocycles. The molecule has 2 aromatic rings. The number of rotatable bonds is 5. The fourth-order valence-electron chi connectivity index (χ4n) is 1.65. The maximum absolute atomic E-state index is 12.0. The standard InChI is InChI=1S/C13H12N2O5S/c1-8-14-6-10(21-8)7-20-13(16)11-5-9(19-2)3-4-12(11)15(17)18/h3-6H,7H2,1-2H3. The van der Waals surface area contributed by atoms with E-state index >= 15 is 0 Å². The average molecular weight is 308 g/mol. The predicted molar refractivity (Wildman–Crippen MR) is 75.6 cm³/mol. The van der Waals surface area contributed by atoms with Crippen LogP contribution < -0.4 is 4.74 Å². The number of aryl methyl sites for hydroxylation is 1. The summed E-state index contributed by atoms with van der Waals surface area (Å²) in [4.78, 5) is 27.1. The Kier molecular flexibility index (Phi) is 4.49. The minimum atomic E-state index is -0.772. The maximum atomic E-state index is 12.0. The number of methoxy groups -OCH3 is 1. The summed E-state index contributed by atoms with van der Waals surface area (Å²) in [6.45, 7) is 1.86. The summed E-state index contributed by atoms with van der Waals surface area (Å²) in [6, 6.07) is 3.92. The Labute approximate surface area is 124 Å². The zero-order valence-corrected chi connectivity index (χ0v) is 12.2. The van der Waals surface area contributed by atoms with Crippen molar-refractivity contribution in [3.8, 4) is 5.75 Å². The number of esters is 1. The minimum absolute atomic E-state index is 0.0265. The second-order valence-corrected chi connectivity index (χ2v) is 5.38. The van der Waals surface area contributed by atoms with Crippen LogP contribution in [0.1, 0.15) is 20.2 Å². The van der Waals surface area contributed by atoms with Crippen molar-refractivity contribution >= 4 is 23.0 Å². The van der Waals surface area contributed by atoms with Crippen LogP contribution in [-0.4, -0.2) is 23.0 Å². The molecule has 0 fully saturated rings. The number of nitro benzene ring substituents is 1. The quantitative estimate of drug-likeness (QED) is 0.479. The molecule has 0 bridgehead atoms. The lowest BCUT2D eigenvalue weighted by molar-refractivity contribution is -0.385. The average Bonchev–Trinajstić information content (AvgIpc) is 2.89. The molecule has 0 aliphatic heterocycles. The summed E-state index contributed by atoms with van der Waals surface area (Å²) in [5.74, 6) is -0.423. The van der Waals surface area contributed by atoms with E-state index < -0.39 is 10.9 Å². The van der Waals surface area contributed by atoms with Gasteiger partial charge in [0.2, 0.25) is 0 Å². The van der Waals surface area contributed by atoms with E-state index in [4.69, 9.17) is 9.47 Å². The van der Waals surface area contributed by atoms with Crippen LogP contribution in [0.5, 0.6) is 5.75 Å². The van der Waals surface area contributed by atoms with Crippen LogP contribution in [0.2, 0.25) is 0 Å². The predicted octanol–water partition coefficient (Wildman–Crippen LogP) is 2.73. The van der Waals surface area contributed by atoms with Gasteiger partial charge in [0.25, 0.3) is 5.69 Å². The number of hydrogen-bond acceptors (Lipinski definition) is 7. The van der Waals surface area contributed by atoms with Crippen LogP contribution in [0.15, 0.2) is 24.4 Å². The molecule has 0 saturated heterocycles. The number of nitrogens with zero attached hydrogens (tertiary/aromatic N) is 2. The molecule has 1 aromatic carbocycles. The molecule has 0 radical (unpaired) electrons. The number of benzene rings is 1. The van der Waals surface area contributed by atoms with Gasteiger partial charge in [-0.25, -0.2) is 9.78 Å². The number of carbonyl (C=O) groups is 1. The number of thiazole rings is 1. The van der Waals surface area contributed by atoms with Gasteiger partial charge < -0.3 is 9.47 Å². The van der Waals surface area contributed by atoms with Gasteiger partial charge in [-0.2, -0.15) is 0 Å². The van der Waals surface area contributed by atoms with Crippen molar-refractivity contribution in [2.75, 3.05) is 7.11 Å². The monoisotopic (exact) mass is 308 g/mol. The molecule has 0 aliphatic rings. The molecule has 0 aliphatic carbocycles. The molecule has 0 atom stereocenters. The molecular weight excluding hydrogens is 296 g/mol. The summed E-state index contributed by atoms with van der Waals surface area (Å²) < 4.78 is 10.1. The fraction of sp³-hybridized carbons (Fsp3) is 0.231. The third-order valence-electron chi connectivity index (χ3n) is 2.63. The van der Waals surface area contributed by atoms with Gasteiger partial charge >= 0.3 is 5.97 Å². The van der Waals surface area contributed by atoms with Crippen LogP contribution >= 0.6 is 11.3 Å². The summed E-state index contributed by atoms with van der Waals surface area (Å²) in [6.07, 6.45) is 1.60. The van der Waals surface area contributed by atoms with Gasteiger partial charge in [0.05, 0.1) is 21.9 Å². The molecular formula is C13H12N2O5S. The SMILES string of the molecule is COc1ccc([N+](=O)[O-])c(C(=O)OCc2cnc(C)s2)c1. The highest BCUT2D eigenvalue weighted by atomic mass is 32.1. The lowest BCUT2D eigenvalue weighted by Crippen LogP contribution is -2.08. The molecule has 1 aromatic heterocycles. The van der Waals surface area contributed by atoms with E-state index in [1.165, 1.54) is 36.6 Å². The molecule has 2 rings (SSSR count). The van der Waals surface area contributed by atoms with Crippen molar-refractivity contribution in [3.05, 3.63) is 50.0 Å². The van der Waals surface area contributed by atoms with Gasteiger partial charge in [0.1, 0.15) is 17.9 Å². The van der Waals surface area contributed by atoms with Crippen LogP contribution in [0, 0.1) is 17.0 Å². The van der Waals surface area contributed by atoms with Crippen LogP contribution in [0.3, 0.4) is 0 Å². The van der Waals surface area contributed by atoms with E-state index in [1.54, 1.807) is 6.20 Å². The second-order valence-electron chi connectivity index (χ2n) is 4.06. The molecule has 0 spiro atoms. The molecule has 7 nitrogen and oxygen atoms in total. The van der Waals surface area contributed by atoms with Gasteiger partial charge in [-0.05, 0) is 13.0 Å². The van der Waals surface area contributed by atoms with Crippen molar-refractivity contribution in [2.24, 2.45) is 0 Å². The van der Waals surface area contributed by atoms with Crippen LogP contribution in [0.25, 0.3) is 0 Å². The highest BCUT2D eigenvalue weighted by Crippen LogP contribution is 2.25. The molecule has 1 heterocycles. The molecule has 0 N–H and O–H groups in total. The van der Waals surface area contributed by atoms with Crippen molar-refractivity contribution in [1.82, 2.24) is 4.98 Å². The van der Waals surface area contributed by atoms with Crippen molar-refractivity contribution in [1.29, 1.82) is 0 Å². The lowest BCUT2D eigenvalue weighted by atomic mass is 10.1. The first-order chi connectivity index (χ1) is 10.0. The first kappa shape index (κ1) is 14.9. The number of carbonyl (C=O) groups excluding carboxylic acids is 1. The normalized spacial score (nSPS) is 10.2. The van der Waals surface area contributed by atoms with E-state index in [0.29, 0.717) is 5.75 Å². The zero-order valence-electron chi connectivity index (χ0n) is 11.4. The number of nitro groups is 1. The van der Waals surface area contributed by atoms with E-state index in [1.807, 2.05) is 6.92 Å². The number of hydrogen-bond donors (Lipinski definition) is 0. The van der Waals surface area contributed by atoms with Crippen molar-refractivity contribution in [3.63, 3.8) is 0 Å². The van der Waals surface area contributed by atoms with E-state index in [-0.39, 0.29) is 17.9 Å². The van der Waals surface area contributed by atoms with Crippen LogP contribution in [0.4, 0.5) is 5.69 Å². The summed E-state index contributed by atoms with van der Waals surface area (Å²) >= 11 is 1.40.